The van der Waals surface area contributed by atoms with Gasteiger partial charge in [-0.1, -0.05) is 0 Å². The van der Waals surface area contributed by atoms with Gasteiger partial charge in [-0.25, -0.2) is 4.98 Å². The number of carbonyl (C=O) groups excluding carboxylic acids is 1. The second-order valence-corrected chi connectivity index (χ2v) is 4.62. The summed E-state index contributed by atoms with van der Waals surface area (Å²) in [5.74, 6) is 0.0418. The Kier molecular flexibility index (Phi) is 10.8. The highest BCUT2D eigenvalue weighted by Gasteiger charge is 2.04. The second kappa shape index (κ2) is 9.65. The molecule has 1 aromatic rings. The highest BCUT2D eigenvalue weighted by Crippen LogP contribution is 2.07. The summed E-state index contributed by atoms with van der Waals surface area (Å²) in [5, 5.41) is 5.74. The first-order chi connectivity index (χ1) is 7.08. The van der Waals surface area contributed by atoms with E-state index in [0.717, 1.165) is 17.1 Å². The van der Waals surface area contributed by atoms with E-state index in [1.54, 1.807) is 11.3 Å². The molecule has 100 valence electrons. The Labute approximate surface area is 118 Å². The van der Waals surface area contributed by atoms with Gasteiger partial charge in [-0.15, -0.1) is 36.2 Å². The maximum absolute atomic E-state index is 11.3. The van der Waals surface area contributed by atoms with Crippen molar-refractivity contribution in [2.75, 3.05) is 0 Å². The highest BCUT2D eigenvalue weighted by molar-refractivity contribution is 7.09. The molecule has 4 nitrogen and oxygen atoms in total. The lowest BCUT2D eigenvalue weighted by Crippen LogP contribution is -2.25. The predicted octanol–water partition coefficient (Wildman–Crippen LogP) is 2.04. The average Bonchev–Trinajstić information content (AvgIpc) is 2.58. The van der Waals surface area contributed by atoms with Crippen LogP contribution in [0.15, 0.2) is 5.38 Å². The fourth-order valence-corrected chi connectivity index (χ4v) is 1.82. The molecule has 0 saturated carbocycles. The Hall–Kier alpha value is -0.360. The zero-order chi connectivity index (χ0) is 11.3. The van der Waals surface area contributed by atoms with E-state index in [1.165, 1.54) is 0 Å². The van der Waals surface area contributed by atoms with Crippen LogP contribution in [0.5, 0.6) is 0 Å². The monoisotopic (exact) mass is 299 g/mol. The minimum Gasteiger partial charge on any atom is -0.350 e. The van der Waals surface area contributed by atoms with E-state index in [0.29, 0.717) is 13.0 Å². The molecule has 17 heavy (non-hydrogen) atoms. The van der Waals surface area contributed by atoms with Gasteiger partial charge in [-0.2, -0.15) is 0 Å². The van der Waals surface area contributed by atoms with E-state index in [-0.39, 0.29) is 36.8 Å². The van der Waals surface area contributed by atoms with Gasteiger partial charge in [-0.3, -0.25) is 4.79 Å². The fraction of sp³-hybridized carbons (Fsp3) is 0.600. The summed E-state index contributed by atoms with van der Waals surface area (Å²) >= 11 is 1.57. The summed E-state index contributed by atoms with van der Waals surface area (Å²) in [6, 6.07) is 0.0813. The third kappa shape index (κ3) is 8.37. The lowest BCUT2D eigenvalue weighted by Gasteiger charge is -2.05. The summed E-state index contributed by atoms with van der Waals surface area (Å²) in [7, 11) is 0. The molecule has 0 aliphatic carbocycles. The van der Waals surface area contributed by atoms with Crippen LogP contribution in [0.4, 0.5) is 0 Å². The normalized spacial score (nSPS) is 11.0. The number of thiazole rings is 1. The molecule has 0 radical (unpaired) electrons. The molecule has 0 saturated heterocycles. The topological polar surface area (TPSA) is 68.0 Å². The van der Waals surface area contributed by atoms with Gasteiger partial charge in [-0.05, 0) is 20.3 Å². The lowest BCUT2D eigenvalue weighted by molar-refractivity contribution is -0.121. The maximum Gasteiger partial charge on any atom is 0.220 e. The molecule has 0 bridgehead atoms. The van der Waals surface area contributed by atoms with Crippen molar-refractivity contribution in [1.29, 1.82) is 0 Å². The zero-order valence-corrected chi connectivity index (χ0v) is 12.4. The van der Waals surface area contributed by atoms with Crippen LogP contribution in [-0.4, -0.2) is 16.9 Å². The molecule has 0 aliphatic heterocycles. The second-order valence-electron chi connectivity index (χ2n) is 3.68. The van der Waals surface area contributed by atoms with Crippen molar-refractivity contribution in [3.05, 3.63) is 16.1 Å². The molecular weight excluding hydrogens is 281 g/mol. The van der Waals surface area contributed by atoms with Crippen LogP contribution >= 0.6 is 36.2 Å². The van der Waals surface area contributed by atoms with Crippen LogP contribution in [0, 0.1) is 6.92 Å². The quantitative estimate of drug-likeness (QED) is 0.874. The molecular formula is C10H19Cl2N3OS. The van der Waals surface area contributed by atoms with Gasteiger partial charge in [0.25, 0.3) is 0 Å². The number of rotatable bonds is 5. The van der Waals surface area contributed by atoms with Crippen molar-refractivity contribution in [2.24, 2.45) is 5.73 Å². The summed E-state index contributed by atoms with van der Waals surface area (Å²) in [6.07, 6.45) is 1.21. The summed E-state index contributed by atoms with van der Waals surface area (Å²) in [6.45, 7) is 4.37. The first-order valence-electron chi connectivity index (χ1n) is 5.01. The predicted molar refractivity (Wildman–Crippen MR) is 76.1 cm³/mol. The number of carbonyl (C=O) groups is 1. The van der Waals surface area contributed by atoms with Crippen molar-refractivity contribution in [1.82, 2.24) is 10.3 Å². The van der Waals surface area contributed by atoms with Crippen molar-refractivity contribution in [2.45, 2.75) is 39.3 Å². The van der Waals surface area contributed by atoms with Gasteiger partial charge in [0.1, 0.15) is 5.01 Å². The molecule has 0 aromatic carbocycles. The number of nitrogens with one attached hydrogen (secondary N) is 1. The average molecular weight is 300 g/mol. The van der Waals surface area contributed by atoms with Crippen LogP contribution in [0.25, 0.3) is 0 Å². The number of aromatic nitrogens is 1. The number of aryl methyl sites for hydroxylation is 1. The summed E-state index contributed by atoms with van der Waals surface area (Å²) in [4.78, 5) is 15.6. The molecule has 0 fully saturated rings. The van der Waals surface area contributed by atoms with Gasteiger partial charge >= 0.3 is 0 Å². The van der Waals surface area contributed by atoms with Crippen LogP contribution in [0.3, 0.4) is 0 Å². The minimum atomic E-state index is 0. The largest absolute Gasteiger partial charge is 0.350 e. The molecule has 1 atom stereocenters. The van der Waals surface area contributed by atoms with Crippen LogP contribution in [0.2, 0.25) is 0 Å². The van der Waals surface area contributed by atoms with Crippen LogP contribution in [-0.2, 0) is 11.3 Å². The Morgan fingerprint density at radius 2 is 2.24 bits per heavy atom. The Morgan fingerprint density at radius 1 is 1.59 bits per heavy atom. The lowest BCUT2D eigenvalue weighted by atomic mass is 10.2. The van der Waals surface area contributed by atoms with E-state index >= 15 is 0 Å². The van der Waals surface area contributed by atoms with Crippen molar-refractivity contribution < 1.29 is 4.79 Å². The van der Waals surface area contributed by atoms with E-state index in [9.17, 15) is 4.79 Å². The molecule has 0 aliphatic rings. The molecule has 1 heterocycles. The van der Waals surface area contributed by atoms with Crippen LogP contribution in [0.1, 0.15) is 30.5 Å². The summed E-state index contributed by atoms with van der Waals surface area (Å²) < 4.78 is 0. The number of nitrogens with two attached hydrogens (primary N) is 1. The molecule has 1 unspecified atom stereocenters. The van der Waals surface area contributed by atoms with Gasteiger partial charge in [0, 0.05) is 23.5 Å². The van der Waals surface area contributed by atoms with Crippen molar-refractivity contribution in [3.63, 3.8) is 0 Å². The highest BCUT2D eigenvalue weighted by atomic mass is 35.5. The van der Waals surface area contributed by atoms with Gasteiger partial charge in [0.15, 0.2) is 0 Å². The van der Waals surface area contributed by atoms with E-state index < -0.39 is 0 Å². The molecule has 0 spiro atoms. The van der Waals surface area contributed by atoms with Gasteiger partial charge in [0.05, 0.1) is 6.54 Å². The first kappa shape index (κ1) is 19.0. The first-order valence-corrected chi connectivity index (χ1v) is 5.89. The van der Waals surface area contributed by atoms with Crippen LogP contribution < -0.4 is 11.1 Å². The SMILES string of the molecule is Cc1csc(CNC(=O)CCC(C)N)n1.Cl.Cl. The molecule has 1 rings (SSSR count). The standard InChI is InChI=1S/C10H17N3OS.2ClH/c1-7(11)3-4-9(14)12-5-10-13-8(2)6-15-10;;/h6-7H,3-5,11H2,1-2H3,(H,12,14);2*1H. The number of halogens is 2. The van der Waals surface area contributed by atoms with E-state index in [4.69, 9.17) is 5.73 Å². The minimum absolute atomic E-state index is 0. The number of nitrogens with zero attached hydrogens (tertiary/aromatic N) is 1. The Morgan fingerprint density at radius 3 is 2.71 bits per heavy atom. The maximum atomic E-state index is 11.3. The van der Waals surface area contributed by atoms with Gasteiger partial charge < -0.3 is 11.1 Å². The van der Waals surface area contributed by atoms with E-state index in [1.807, 2.05) is 19.2 Å². The molecule has 3 N–H and O–H groups in total. The van der Waals surface area contributed by atoms with Gasteiger partial charge in [0.2, 0.25) is 5.91 Å². The third-order valence-electron chi connectivity index (χ3n) is 1.93. The Bertz CT molecular complexity index is 331. The fourth-order valence-electron chi connectivity index (χ4n) is 1.11. The van der Waals surface area contributed by atoms with E-state index in [2.05, 4.69) is 10.3 Å². The Balaban J connectivity index is 0. The molecule has 1 aromatic heterocycles. The number of amides is 1. The summed E-state index contributed by atoms with van der Waals surface area (Å²) in [5.41, 5.74) is 6.56. The molecule has 7 heteroatoms. The third-order valence-corrected chi connectivity index (χ3v) is 2.90. The van der Waals surface area contributed by atoms with Crippen molar-refractivity contribution >= 4 is 42.1 Å². The molecule has 1 amide bonds. The number of hydrogen-bond donors (Lipinski definition) is 2. The smallest absolute Gasteiger partial charge is 0.220 e. The van der Waals surface area contributed by atoms with Crippen molar-refractivity contribution in [3.8, 4) is 0 Å². The number of hydrogen-bond acceptors (Lipinski definition) is 4. The zero-order valence-electron chi connectivity index (χ0n) is 9.93.